The average Bonchev–Trinajstić information content (AvgIpc) is 3.00. The van der Waals surface area contributed by atoms with Gasteiger partial charge in [0.15, 0.2) is 5.82 Å². The SMILES string of the molecule is N#Cc1cc(F)cc(-c2nc(N)nc(-n3cncn3)n2)c1. The highest BCUT2D eigenvalue weighted by atomic mass is 19.1. The van der Waals surface area contributed by atoms with Crippen LogP contribution in [0.5, 0.6) is 0 Å². The average molecular weight is 282 g/mol. The largest absolute Gasteiger partial charge is 0.368 e. The number of nitriles is 1. The van der Waals surface area contributed by atoms with Gasteiger partial charge >= 0.3 is 0 Å². The quantitative estimate of drug-likeness (QED) is 0.735. The first-order valence-electron chi connectivity index (χ1n) is 5.73. The summed E-state index contributed by atoms with van der Waals surface area (Å²) in [6, 6.07) is 5.65. The summed E-state index contributed by atoms with van der Waals surface area (Å²) < 4.78 is 14.8. The van der Waals surface area contributed by atoms with E-state index in [1.807, 2.05) is 6.07 Å². The van der Waals surface area contributed by atoms with Crippen molar-refractivity contribution in [1.29, 1.82) is 5.26 Å². The highest BCUT2D eigenvalue weighted by Gasteiger charge is 2.11. The van der Waals surface area contributed by atoms with Crippen molar-refractivity contribution in [1.82, 2.24) is 29.7 Å². The molecule has 2 N–H and O–H groups in total. The Morgan fingerprint density at radius 2 is 2.05 bits per heavy atom. The fourth-order valence-corrected chi connectivity index (χ4v) is 1.71. The van der Waals surface area contributed by atoms with Gasteiger partial charge in [0.05, 0.1) is 11.6 Å². The summed E-state index contributed by atoms with van der Waals surface area (Å²) in [5.41, 5.74) is 6.11. The minimum atomic E-state index is -0.565. The fourth-order valence-electron chi connectivity index (χ4n) is 1.71. The molecule has 0 bridgehead atoms. The Hall–Kier alpha value is -3.41. The van der Waals surface area contributed by atoms with Crippen molar-refractivity contribution < 1.29 is 4.39 Å². The van der Waals surface area contributed by atoms with Gasteiger partial charge in [0.2, 0.25) is 5.95 Å². The second-order valence-corrected chi connectivity index (χ2v) is 4.00. The van der Waals surface area contributed by atoms with Gasteiger partial charge in [0.25, 0.3) is 5.95 Å². The van der Waals surface area contributed by atoms with E-state index in [9.17, 15) is 4.39 Å². The molecule has 0 saturated carbocycles. The number of anilines is 1. The standard InChI is InChI=1S/C12H7FN8/c13-9-2-7(4-14)1-8(3-9)10-18-11(15)20-12(19-10)21-6-16-5-17-21/h1-3,5-6H,(H2,15,18,19,20). The summed E-state index contributed by atoms with van der Waals surface area (Å²) in [6.45, 7) is 0. The third kappa shape index (κ3) is 2.50. The molecule has 0 aliphatic rings. The molecule has 0 unspecified atom stereocenters. The van der Waals surface area contributed by atoms with Crippen LogP contribution in [0.25, 0.3) is 17.3 Å². The maximum absolute atomic E-state index is 13.5. The van der Waals surface area contributed by atoms with Crippen LogP contribution in [0.2, 0.25) is 0 Å². The van der Waals surface area contributed by atoms with Gasteiger partial charge in [-0.2, -0.15) is 30.0 Å². The Kier molecular flexibility index (Phi) is 2.96. The molecule has 2 aromatic heterocycles. The van der Waals surface area contributed by atoms with E-state index in [2.05, 4.69) is 25.0 Å². The van der Waals surface area contributed by atoms with Gasteiger partial charge in [0.1, 0.15) is 18.5 Å². The number of hydrogen-bond donors (Lipinski definition) is 1. The van der Waals surface area contributed by atoms with Crippen LogP contribution in [-0.2, 0) is 0 Å². The lowest BCUT2D eigenvalue weighted by atomic mass is 10.1. The van der Waals surface area contributed by atoms with Gasteiger partial charge in [-0.25, -0.2) is 9.37 Å². The molecule has 0 aliphatic carbocycles. The second kappa shape index (κ2) is 4.93. The lowest BCUT2D eigenvalue weighted by molar-refractivity contribution is 0.627. The van der Waals surface area contributed by atoms with Gasteiger partial charge in [-0.1, -0.05) is 0 Å². The minimum Gasteiger partial charge on any atom is -0.368 e. The number of aromatic nitrogens is 6. The molecule has 0 aliphatic heterocycles. The maximum Gasteiger partial charge on any atom is 0.257 e. The number of nitrogens with zero attached hydrogens (tertiary/aromatic N) is 7. The zero-order valence-corrected chi connectivity index (χ0v) is 10.5. The Balaban J connectivity index is 2.15. The molecule has 9 heteroatoms. The van der Waals surface area contributed by atoms with Gasteiger partial charge < -0.3 is 5.73 Å². The topological polar surface area (TPSA) is 119 Å². The van der Waals surface area contributed by atoms with Crippen LogP contribution in [0.15, 0.2) is 30.9 Å². The van der Waals surface area contributed by atoms with E-state index in [0.717, 1.165) is 6.07 Å². The van der Waals surface area contributed by atoms with E-state index in [0.29, 0.717) is 5.56 Å². The third-order valence-electron chi connectivity index (χ3n) is 2.55. The maximum atomic E-state index is 13.5. The second-order valence-electron chi connectivity index (χ2n) is 4.00. The fraction of sp³-hybridized carbons (Fsp3) is 0. The van der Waals surface area contributed by atoms with Gasteiger partial charge in [0, 0.05) is 5.56 Å². The zero-order valence-electron chi connectivity index (χ0n) is 10.5. The molecule has 3 rings (SSSR count). The number of benzene rings is 1. The van der Waals surface area contributed by atoms with Gasteiger partial charge in [-0.05, 0) is 18.2 Å². The monoisotopic (exact) mass is 282 g/mol. The van der Waals surface area contributed by atoms with E-state index in [4.69, 9.17) is 11.0 Å². The molecule has 0 fully saturated rings. The normalized spacial score (nSPS) is 10.3. The lowest BCUT2D eigenvalue weighted by Crippen LogP contribution is -2.08. The molecular formula is C12H7FN8. The zero-order chi connectivity index (χ0) is 14.8. The predicted molar refractivity (Wildman–Crippen MR) is 69.3 cm³/mol. The first-order chi connectivity index (χ1) is 10.2. The Labute approximate surface area is 117 Å². The molecule has 0 atom stereocenters. The van der Waals surface area contributed by atoms with Crippen LogP contribution >= 0.6 is 0 Å². The van der Waals surface area contributed by atoms with Crippen molar-refractivity contribution in [2.45, 2.75) is 0 Å². The molecule has 102 valence electrons. The first-order valence-corrected chi connectivity index (χ1v) is 5.73. The molecule has 0 radical (unpaired) electrons. The highest BCUT2D eigenvalue weighted by molar-refractivity contribution is 5.59. The molecule has 2 heterocycles. The van der Waals surface area contributed by atoms with E-state index in [1.54, 1.807) is 0 Å². The van der Waals surface area contributed by atoms with Crippen LogP contribution in [-0.4, -0.2) is 29.7 Å². The Morgan fingerprint density at radius 3 is 2.76 bits per heavy atom. The smallest absolute Gasteiger partial charge is 0.257 e. The predicted octanol–water partition coefficient (Wildman–Crippen LogP) is 0.712. The molecule has 21 heavy (non-hydrogen) atoms. The van der Waals surface area contributed by atoms with Crippen LogP contribution in [0, 0.1) is 17.1 Å². The van der Waals surface area contributed by atoms with Crippen LogP contribution < -0.4 is 5.73 Å². The molecule has 3 aromatic rings. The van der Waals surface area contributed by atoms with Crippen LogP contribution in [0.4, 0.5) is 10.3 Å². The number of rotatable bonds is 2. The number of nitrogens with two attached hydrogens (primary N) is 1. The Morgan fingerprint density at radius 1 is 1.19 bits per heavy atom. The summed E-state index contributed by atoms with van der Waals surface area (Å²) in [4.78, 5) is 15.8. The van der Waals surface area contributed by atoms with Crippen molar-refractivity contribution in [2.75, 3.05) is 5.73 Å². The van der Waals surface area contributed by atoms with Crippen molar-refractivity contribution in [3.63, 3.8) is 0 Å². The summed E-state index contributed by atoms with van der Waals surface area (Å²) in [6.07, 6.45) is 2.71. The lowest BCUT2D eigenvalue weighted by Gasteiger charge is -2.05. The summed E-state index contributed by atoms with van der Waals surface area (Å²) >= 11 is 0. The number of halogens is 1. The van der Waals surface area contributed by atoms with Crippen LogP contribution in [0.3, 0.4) is 0 Å². The van der Waals surface area contributed by atoms with Gasteiger partial charge in [-0.3, -0.25) is 0 Å². The van der Waals surface area contributed by atoms with Crippen molar-refractivity contribution in [3.05, 3.63) is 42.2 Å². The molecule has 0 spiro atoms. The molecule has 1 aromatic carbocycles. The van der Waals surface area contributed by atoms with Crippen molar-refractivity contribution in [2.24, 2.45) is 0 Å². The Bertz CT molecular complexity index is 837. The minimum absolute atomic E-state index is 0.0479. The number of nitrogen functional groups attached to an aromatic ring is 1. The molecule has 0 amide bonds. The summed E-state index contributed by atoms with van der Waals surface area (Å²) in [5, 5.41) is 12.8. The van der Waals surface area contributed by atoms with Crippen molar-refractivity contribution in [3.8, 4) is 23.4 Å². The van der Waals surface area contributed by atoms with Gasteiger partial charge in [-0.15, -0.1) is 0 Å². The van der Waals surface area contributed by atoms with Crippen LogP contribution in [0.1, 0.15) is 5.56 Å². The molecular weight excluding hydrogens is 275 g/mol. The van der Waals surface area contributed by atoms with E-state index >= 15 is 0 Å². The first kappa shape index (κ1) is 12.6. The van der Waals surface area contributed by atoms with E-state index in [1.165, 1.54) is 29.5 Å². The molecule has 0 saturated heterocycles. The van der Waals surface area contributed by atoms with E-state index < -0.39 is 5.82 Å². The highest BCUT2D eigenvalue weighted by Crippen LogP contribution is 2.19. The molecule has 8 nitrogen and oxygen atoms in total. The number of hydrogen-bond acceptors (Lipinski definition) is 7. The summed E-state index contributed by atoms with van der Waals surface area (Å²) in [7, 11) is 0. The summed E-state index contributed by atoms with van der Waals surface area (Å²) in [5.74, 6) is -0.319. The van der Waals surface area contributed by atoms with E-state index in [-0.39, 0.29) is 23.3 Å². The third-order valence-corrected chi connectivity index (χ3v) is 2.55. The van der Waals surface area contributed by atoms with Crippen molar-refractivity contribution >= 4 is 5.95 Å².